The van der Waals surface area contributed by atoms with Gasteiger partial charge in [0, 0.05) is 21.7 Å². The number of hydrogen-bond acceptors (Lipinski definition) is 6. The summed E-state index contributed by atoms with van der Waals surface area (Å²) in [5.41, 5.74) is 0.957. The Balaban J connectivity index is 1.91. The average molecular weight is 394 g/mol. The van der Waals surface area contributed by atoms with Crippen LogP contribution in [-0.2, 0) is 4.94 Å². The van der Waals surface area contributed by atoms with Gasteiger partial charge in [-0.25, -0.2) is 23.5 Å². The van der Waals surface area contributed by atoms with E-state index in [0.29, 0.717) is 22.3 Å². The van der Waals surface area contributed by atoms with Gasteiger partial charge in [-0.15, -0.1) is 11.8 Å². The second kappa shape index (κ2) is 6.46. The molecule has 2 N–H and O–H groups in total. The van der Waals surface area contributed by atoms with Crippen molar-refractivity contribution in [3.8, 4) is 11.3 Å². The quantitative estimate of drug-likeness (QED) is 0.514. The number of anilines is 1. The van der Waals surface area contributed by atoms with Crippen LogP contribution in [-0.4, -0.2) is 36.9 Å². The molecule has 0 aliphatic carbocycles. The van der Waals surface area contributed by atoms with Gasteiger partial charge in [0.1, 0.15) is 5.52 Å². The van der Waals surface area contributed by atoms with Crippen molar-refractivity contribution < 1.29 is 23.0 Å². The number of rotatable bonds is 3. The molecule has 1 aromatic carbocycles. The molecule has 0 aliphatic rings. The van der Waals surface area contributed by atoms with Crippen molar-refractivity contribution in [2.24, 2.45) is 0 Å². The molecule has 0 saturated carbocycles. The minimum atomic E-state index is -1.32. The lowest BCUT2D eigenvalue weighted by Crippen LogP contribution is -2.09. The maximum atomic E-state index is 14.5. The average Bonchev–Trinajstić information content (AvgIpc) is 3.30. The van der Waals surface area contributed by atoms with Gasteiger partial charge in [-0.3, -0.25) is 15.4 Å². The number of aromatic amines is 1. The van der Waals surface area contributed by atoms with Gasteiger partial charge in [-0.05, 0) is 6.26 Å². The van der Waals surface area contributed by atoms with Gasteiger partial charge < -0.3 is 4.40 Å². The summed E-state index contributed by atoms with van der Waals surface area (Å²) in [4.78, 5) is 22.3. The number of carbonyl (C=O) groups is 1. The molecule has 0 atom stereocenters. The van der Waals surface area contributed by atoms with Crippen LogP contribution in [0, 0.1) is 11.6 Å². The normalized spacial score (nSPS) is 11.3. The second-order valence-corrected chi connectivity index (χ2v) is 6.17. The van der Waals surface area contributed by atoms with E-state index in [4.69, 9.17) is 0 Å². The van der Waals surface area contributed by atoms with Crippen LogP contribution < -0.4 is 5.32 Å². The molecular formula is C15H9F3N6O2S. The van der Waals surface area contributed by atoms with Gasteiger partial charge in [-0.1, -0.05) is 0 Å². The molecule has 8 nitrogen and oxygen atoms in total. The number of thioether (sulfide) groups is 1. The maximum absolute atomic E-state index is 14.5. The van der Waals surface area contributed by atoms with Gasteiger partial charge >= 0.3 is 6.09 Å². The molecular weight excluding hydrogens is 385 g/mol. The van der Waals surface area contributed by atoms with Crippen LogP contribution in [0.15, 0.2) is 29.7 Å². The first kappa shape index (κ1) is 17.1. The van der Waals surface area contributed by atoms with E-state index in [1.807, 2.05) is 0 Å². The number of amides is 1. The van der Waals surface area contributed by atoms with Crippen LogP contribution >= 0.6 is 11.8 Å². The summed E-state index contributed by atoms with van der Waals surface area (Å²) in [7, 11) is 0. The smallest absolute Gasteiger partial charge is 0.301 e. The summed E-state index contributed by atoms with van der Waals surface area (Å²) in [6.07, 6.45) is 5.97. The molecule has 3 aromatic heterocycles. The Morgan fingerprint density at radius 3 is 2.85 bits per heavy atom. The molecule has 4 aromatic rings. The number of carbonyl (C=O) groups excluding carboxylic acids is 1. The van der Waals surface area contributed by atoms with E-state index in [2.05, 4.69) is 30.4 Å². The minimum absolute atomic E-state index is 0.0282. The largest absolute Gasteiger partial charge is 0.450 e. The number of H-pyrrole nitrogens is 1. The molecule has 0 radical (unpaired) electrons. The van der Waals surface area contributed by atoms with Gasteiger partial charge in [0.25, 0.3) is 0 Å². The number of nitrogens with zero attached hydrogens (tertiary/aromatic N) is 4. The molecule has 3 heterocycles. The van der Waals surface area contributed by atoms with E-state index in [9.17, 15) is 18.1 Å². The van der Waals surface area contributed by atoms with E-state index in [-0.39, 0.29) is 16.2 Å². The van der Waals surface area contributed by atoms with E-state index in [0.717, 1.165) is 11.8 Å². The van der Waals surface area contributed by atoms with Crippen molar-refractivity contribution >= 4 is 40.2 Å². The molecule has 4 rings (SSSR count). The highest BCUT2D eigenvalue weighted by Crippen LogP contribution is 2.39. The number of fused-ring (bicyclic) bond motifs is 2. The topological polar surface area (TPSA) is 97.2 Å². The third-order valence-corrected chi connectivity index (χ3v) is 4.64. The highest BCUT2D eigenvalue weighted by Gasteiger charge is 2.23. The van der Waals surface area contributed by atoms with Crippen molar-refractivity contribution in [2.75, 3.05) is 11.6 Å². The standard InChI is InChI=1S/C15H9F3N6O2S/c1-27-14-10(6-2-20-23-13(6)11(16)12(14)17)7-4-24-5-8(22-15(25)26-18)21-9(24)3-19-7/h2-5H,1H3,(H,20,23)(H,22,25). The highest BCUT2D eigenvalue weighted by atomic mass is 32.2. The Morgan fingerprint density at radius 1 is 1.30 bits per heavy atom. The van der Waals surface area contributed by atoms with E-state index >= 15 is 0 Å². The molecule has 138 valence electrons. The lowest BCUT2D eigenvalue weighted by Gasteiger charge is -2.11. The summed E-state index contributed by atoms with van der Waals surface area (Å²) < 4.78 is 42.0. The van der Waals surface area contributed by atoms with Crippen LogP contribution in [0.3, 0.4) is 0 Å². The monoisotopic (exact) mass is 394 g/mol. The summed E-state index contributed by atoms with van der Waals surface area (Å²) in [6, 6.07) is 0. The Bertz CT molecular complexity index is 1190. The van der Waals surface area contributed by atoms with E-state index in [1.54, 1.807) is 6.26 Å². The first-order valence-electron chi connectivity index (χ1n) is 7.36. The van der Waals surface area contributed by atoms with Gasteiger partial charge in [-0.2, -0.15) is 5.10 Å². The first-order chi connectivity index (χ1) is 13.0. The lowest BCUT2D eigenvalue weighted by atomic mass is 10.1. The second-order valence-electron chi connectivity index (χ2n) is 5.35. The highest BCUT2D eigenvalue weighted by molar-refractivity contribution is 7.98. The summed E-state index contributed by atoms with van der Waals surface area (Å²) >= 11 is 1.03. The molecule has 0 fully saturated rings. The first-order valence-corrected chi connectivity index (χ1v) is 8.58. The molecule has 0 spiro atoms. The molecule has 0 aliphatic heterocycles. The van der Waals surface area contributed by atoms with Crippen LogP contribution in [0.25, 0.3) is 27.8 Å². The molecule has 0 bridgehead atoms. The van der Waals surface area contributed by atoms with E-state index in [1.165, 1.54) is 29.2 Å². The Hall–Kier alpha value is -3.28. The van der Waals surface area contributed by atoms with Crippen LogP contribution in [0.2, 0.25) is 0 Å². The van der Waals surface area contributed by atoms with Crippen LogP contribution in [0.5, 0.6) is 0 Å². The van der Waals surface area contributed by atoms with Gasteiger partial charge in [0.2, 0.25) is 0 Å². The Kier molecular flexibility index (Phi) is 4.11. The van der Waals surface area contributed by atoms with Crippen molar-refractivity contribution in [2.45, 2.75) is 4.90 Å². The fraction of sp³-hybridized carbons (Fsp3) is 0.0667. The molecule has 0 saturated heterocycles. The zero-order valence-corrected chi connectivity index (χ0v) is 14.3. The zero-order chi connectivity index (χ0) is 19.1. The minimum Gasteiger partial charge on any atom is -0.301 e. The fourth-order valence-electron chi connectivity index (χ4n) is 2.74. The summed E-state index contributed by atoms with van der Waals surface area (Å²) in [5, 5.41) is 8.68. The number of halogens is 3. The predicted octanol–water partition coefficient (Wildman–Crippen LogP) is 3.71. The number of nitrogens with one attached hydrogen (secondary N) is 2. The van der Waals surface area contributed by atoms with Gasteiger partial charge in [0.15, 0.2) is 23.1 Å². The third-order valence-electron chi connectivity index (χ3n) is 3.85. The van der Waals surface area contributed by atoms with Crippen molar-refractivity contribution in [3.63, 3.8) is 0 Å². The van der Waals surface area contributed by atoms with Crippen LogP contribution in [0.4, 0.5) is 23.9 Å². The molecule has 27 heavy (non-hydrogen) atoms. The zero-order valence-electron chi connectivity index (χ0n) is 13.5. The summed E-state index contributed by atoms with van der Waals surface area (Å²) in [6.45, 7) is 0. The number of hydrogen-bond donors (Lipinski definition) is 2. The molecule has 1 amide bonds. The lowest BCUT2D eigenvalue weighted by molar-refractivity contribution is -0.0544. The Morgan fingerprint density at radius 2 is 2.11 bits per heavy atom. The maximum Gasteiger partial charge on any atom is 0.450 e. The Labute approximate surface area is 152 Å². The number of imidazole rings is 1. The van der Waals surface area contributed by atoms with Crippen molar-refractivity contribution in [1.29, 1.82) is 0 Å². The molecule has 0 unspecified atom stereocenters. The fourth-order valence-corrected chi connectivity index (χ4v) is 3.43. The predicted molar refractivity (Wildman–Crippen MR) is 91.0 cm³/mol. The third kappa shape index (κ3) is 2.73. The van der Waals surface area contributed by atoms with Gasteiger partial charge in [0.05, 0.1) is 29.2 Å². The number of aromatic nitrogens is 5. The van der Waals surface area contributed by atoms with Crippen molar-refractivity contribution in [1.82, 2.24) is 24.6 Å². The number of benzene rings is 1. The SMILES string of the molecule is CSc1c(F)c(F)c2[nH]ncc2c1-c1cn2cc(NC(=O)OF)nc2cn1. The van der Waals surface area contributed by atoms with Crippen LogP contribution in [0.1, 0.15) is 0 Å². The summed E-state index contributed by atoms with van der Waals surface area (Å²) in [5.74, 6) is -1.99. The molecule has 12 heteroatoms. The van der Waals surface area contributed by atoms with E-state index < -0.39 is 17.7 Å². The van der Waals surface area contributed by atoms with Crippen molar-refractivity contribution in [3.05, 3.63) is 36.4 Å².